The lowest BCUT2D eigenvalue weighted by Gasteiger charge is -2.27. The van der Waals surface area contributed by atoms with Crippen LogP contribution in [0.25, 0.3) is 0 Å². The van der Waals surface area contributed by atoms with Crippen molar-refractivity contribution < 1.29 is 9.59 Å². The molecule has 0 saturated heterocycles. The summed E-state index contributed by atoms with van der Waals surface area (Å²) in [5.74, 6) is 1.04. The minimum atomic E-state index is -0.426. The molecule has 2 aliphatic rings. The average molecular weight is 477 g/mol. The smallest absolute Gasteiger partial charge is 0.259 e. The molecule has 2 amide bonds. The van der Waals surface area contributed by atoms with E-state index in [9.17, 15) is 9.59 Å². The fourth-order valence-electron chi connectivity index (χ4n) is 4.07. The van der Waals surface area contributed by atoms with Crippen LogP contribution in [0.4, 0.5) is 11.4 Å². The van der Waals surface area contributed by atoms with Gasteiger partial charge in [-0.25, -0.2) is 9.89 Å². The first-order valence-corrected chi connectivity index (χ1v) is 12.9. The number of hydrogen-bond acceptors (Lipinski definition) is 5. The zero-order valence-electron chi connectivity index (χ0n) is 20.4. The zero-order chi connectivity index (χ0) is 24.4. The lowest BCUT2D eigenvalue weighted by Crippen LogP contribution is -2.43. The summed E-state index contributed by atoms with van der Waals surface area (Å²) in [4.78, 5) is 37.8. The summed E-state index contributed by atoms with van der Waals surface area (Å²) in [6.07, 6.45) is 1.46. The molecule has 2 heterocycles. The predicted octanol–water partition coefficient (Wildman–Crippen LogP) is 5.97. The number of aliphatic imine (C=N–C) groups is 2. The highest BCUT2D eigenvalue weighted by molar-refractivity contribution is 8.15. The molecule has 0 aromatic heterocycles. The maximum atomic E-state index is 13.4. The van der Waals surface area contributed by atoms with Crippen LogP contribution >= 0.6 is 11.8 Å². The highest BCUT2D eigenvalue weighted by Crippen LogP contribution is 2.36. The third-order valence-corrected chi connectivity index (χ3v) is 7.75. The molecular formula is C27H32N4O2S. The largest absolute Gasteiger partial charge is 0.325 e. The number of rotatable bonds is 7. The number of anilines is 1. The fraction of sp³-hybridized carbons (Fsp3) is 0.407. The molecular weight excluding hydrogens is 444 g/mol. The quantitative estimate of drug-likeness (QED) is 0.535. The van der Waals surface area contributed by atoms with E-state index in [1.807, 2.05) is 62.4 Å². The van der Waals surface area contributed by atoms with Crippen molar-refractivity contribution in [2.45, 2.75) is 64.7 Å². The molecule has 34 heavy (non-hydrogen) atoms. The van der Waals surface area contributed by atoms with Crippen LogP contribution in [-0.4, -0.2) is 39.0 Å². The monoisotopic (exact) mass is 476 g/mol. The lowest BCUT2D eigenvalue weighted by molar-refractivity contribution is -0.125. The Morgan fingerprint density at radius 2 is 1.76 bits per heavy atom. The average Bonchev–Trinajstić information content (AvgIpc) is 3.19. The molecule has 1 N–H and O–H groups in total. The molecule has 0 saturated carbocycles. The third kappa shape index (κ3) is 4.67. The molecule has 2 aliphatic heterocycles. The molecule has 4 rings (SSSR count). The number of fused-ring (bicyclic) bond motifs is 3. The van der Waals surface area contributed by atoms with Gasteiger partial charge >= 0.3 is 0 Å². The van der Waals surface area contributed by atoms with Crippen LogP contribution in [0.3, 0.4) is 0 Å². The molecule has 2 aromatic rings. The van der Waals surface area contributed by atoms with Crippen molar-refractivity contribution >= 4 is 46.0 Å². The number of nitrogens with one attached hydrogen (secondary N) is 1. The topological polar surface area (TPSA) is 74.1 Å². The Labute approximate surface area is 205 Å². The number of para-hydroxylation sites is 1. The van der Waals surface area contributed by atoms with Gasteiger partial charge in [0.1, 0.15) is 11.9 Å². The van der Waals surface area contributed by atoms with E-state index in [0.717, 1.165) is 23.4 Å². The van der Waals surface area contributed by atoms with E-state index in [1.54, 1.807) is 4.90 Å². The highest BCUT2D eigenvalue weighted by Gasteiger charge is 2.43. The maximum absolute atomic E-state index is 13.4. The van der Waals surface area contributed by atoms with Crippen LogP contribution in [0.1, 0.15) is 64.5 Å². The number of amides is 2. The van der Waals surface area contributed by atoms with Crippen LogP contribution in [-0.2, 0) is 9.59 Å². The van der Waals surface area contributed by atoms with E-state index in [-0.39, 0.29) is 17.7 Å². The second-order valence-corrected chi connectivity index (χ2v) is 10.3. The van der Waals surface area contributed by atoms with Crippen molar-refractivity contribution in [1.82, 2.24) is 4.90 Å². The Bertz CT molecular complexity index is 1140. The number of benzene rings is 2. The van der Waals surface area contributed by atoms with Crippen molar-refractivity contribution in [2.75, 3.05) is 5.32 Å². The van der Waals surface area contributed by atoms with Crippen molar-refractivity contribution in [3.63, 3.8) is 0 Å². The zero-order valence-corrected chi connectivity index (χ0v) is 21.2. The Morgan fingerprint density at radius 3 is 2.41 bits per heavy atom. The molecule has 0 bridgehead atoms. The lowest BCUT2D eigenvalue weighted by atomic mass is 10.00. The molecule has 2 aromatic carbocycles. The second kappa shape index (κ2) is 10.1. The van der Waals surface area contributed by atoms with Crippen LogP contribution in [0.15, 0.2) is 58.5 Å². The van der Waals surface area contributed by atoms with Crippen LogP contribution in [0.2, 0.25) is 0 Å². The first-order valence-electron chi connectivity index (χ1n) is 12.0. The van der Waals surface area contributed by atoms with E-state index >= 15 is 0 Å². The summed E-state index contributed by atoms with van der Waals surface area (Å²) < 4.78 is 0. The van der Waals surface area contributed by atoms with Crippen molar-refractivity contribution in [1.29, 1.82) is 0 Å². The van der Waals surface area contributed by atoms with Gasteiger partial charge in [-0.1, -0.05) is 77.1 Å². The minimum absolute atomic E-state index is 0.0651. The SMILES string of the molecule is CC[C@H](SC1=Nc2ccccc2C2=N[C@@H]([C@H](C)CC)C(=O)N12)C(=O)Nc1ccc(C(C)C)cc1. The van der Waals surface area contributed by atoms with Gasteiger partial charge < -0.3 is 5.32 Å². The van der Waals surface area contributed by atoms with Crippen LogP contribution in [0.5, 0.6) is 0 Å². The van der Waals surface area contributed by atoms with Gasteiger partial charge in [-0.15, -0.1) is 0 Å². The van der Waals surface area contributed by atoms with Gasteiger partial charge in [0, 0.05) is 11.3 Å². The van der Waals surface area contributed by atoms with Gasteiger partial charge in [0.2, 0.25) is 5.91 Å². The fourth-order valence-corrected chi connectivity index (χ4v) is 5.09. The molecule has 0 radical (unpaired) electrons. The summed E-state index contributed by atoms with van der Waals surface area (Å²) in [6.45, 7) is 10.4. The van der Waals surface area contributed by atoms with Gasteiger partial charge in [-0.2, -0.15) is 0 Å². The van der Waals surface area contributed by atoms with E-state index in [1.165, 1.54) is 17.3 Å². The van der Waals surface area contributed by atoms with Crippen LogP contribution < -0.4 is 5.32 Å². The van der Waals surface area contributed by atoms with Gasteiger partial charge in [0.05, 0.1) is 10.9 Å². The highest BCUT2D eigenvalue weighted by atomic mass is 32.2. The summed E-state index contributed by atoms with van der Waals surface area (Å²) in [5.41, 5.74) is 3.62. The molecule has 0 unspecified atom stereocenters. The number of nitrogens with zero attached hydrogens (tertiary/aromatic N) is 3. The third-order valence-electron chi connectivity index (χ3n) is 6.44. The summed E-state index contributed by atoms with van der Waals surface area (Å²) in [5, 5.41) is 3.15. The first-order chi connectivity index (χ1) is 16.3. The molecule has 7 heteroatoms. The normalized spacial score (nSPS) is 18.7. The Morgan fingerprint density at radius 1 is 1.06 bits per heavy atom. The predicted molar refractivity (Wildman–Crippen MR) is 141 cm³/mol. The standard InChI is InChI=1S/C27H32N4O2S/c1-6-17(5)23-26(33)31-24(30-23)20-10-8-9-11-21(20)29-27(31)34-22(7-2)25(32)28-19-14-12-18(13-15-19)16(3)4/h8-17,22-23H,6-7H2,1-5H3,(H,28,32)/t17-,22+,23+/m1/s1. The first kappa shape index (κ1) is 24.2. The Kier molecular flexibility index (Phi) is 7.22. The van der Waals surface area contributed by atoms with E-state index in [2.05, 4.69) is 26.1 Å². The Balaban J connectivity index is 1.59. The van der Waals surface area contributed by atoms with Crippen LogP contribution in [0, 0.1) is 5.92 Å². The van der Waals surface area contributed by atoms with Crippen molar-refractivity contribution in [3.05, 3.63) is 59.7 Å². The number of amidine groups is 2. The molecule has 6 nitrogen and oxygen atoms in total. The minimum Gasteiger partial charge on any atom is -0.325 e. The van der Waals surface area contributed by atoms with Gasteiger partial charge in [0.25, 0.3) is 5.91 Å². The maximum Gasteiger partial charge on any atom is 0.259 e. The van der Waals surface area contributed by atoms with Gasteiger partial charge in [-0.05, 0) is 48.1 Å². The summed E-state index contributed by atoms with van der Waals surface area (Å²) in [7, 11) is 0. The number of hydrogen-bond donors (Lipinski definition) is 1. The second-order valence-electron chi connectivity index (χ2n) is 9.15. The van der Waals surface area contributed by atoms with E-state index in [4.69, 9.17) is 9.98 Å². The van der Waals surface area contributed by atoms with E-state index in [0.29, 0.717) is 23.3 Å². The molecule has 0 fully saturated rings. The molecule has 3 atom stereocenters. The number of carbonyl (C=O) groups excluding carboxylic acids is 2. The molecule has 0 spiro atoms. The molecule has 0 aliphatic carbocycles. The Hall–Kier alpha value is -2.93. The van der Waals surface area contributed by atoms with Gasteiger partial charge in [-0.3, -0.25) is 14.6 Å². The van der Waals surface area contributed by atoms with Gasteiger partial charge in [0.15, 0.2) is 5.17 Å². The van der Waals surface area contributed by atoms with Crippen molar-refractivity contribution in [2.24, 2.45) is 15.9 Å². The number of carbonyl (C=O) groups is 2. The summed E-state index contributed by atoms with van der Waals surface area (Å²) in [6, 6.07) is 15.3. The molecule has 178 valence electrons. The number of thioether (sulfide) groups is 1. The summed E-state index contributed by atoms with van der Waals surface area (Å²) >= 11 is 1.33. The van der Waals surface area contributed by atoms with E-state index < -0.39 is 11.3 Å². The van der Waals surface area contributed by atoms with Crippen molar-refractivity contribution in [3.8, 4) is 0 Å².